The van der Waals surface area contributed by atoms with Crippen molar-refractivity contribution in [2.45, 2.75) is 44.9 Å². The number of carbonyl (C=O) groups is 1. The van der Waals surface area contributed by atoms with Crippen LogP contribution in [0, 0.1) is 0 Å². The van der Waals surface area contributed by atoms with E-state index in [1.54, 1.807) is 20.8 Å². The molecule has 0 heterocycles. The molecule has 2 unspecified atom stereocenters. The van der Waals surface area contributed by atoms with Gasteiger partial charge >= 0.3 is 5.97 Å². The summed E-state index contributed by atoms with van der Waals surface area (Å²) in [5, 5.41) is 9.91. The van der Waals surface area contributed by atoms with Crippen LogP contribution in [0.1, 0.15) is 26.3 Å². The maximum Gasteiger partial charge on any atom is 0.326 e. The molecule has 0 aliphatic rings. The normalized spacial score (nSPS) is 14.9. The van der Waals surface area contributed by atoms with Crippen molar-refractivity contribution in [2.24, 2.45) is 5.73 Å². The fourth-order valence-electron chi connectivity index (χ4n) is 1.51. The minimum Gasteiger partial charge on any atom is -0.459 e. The molecule has 1 aromatic carbocycles. The van der Waals surface area contributed by atoms with Crippen LogP contribution in [0.5, 0.6) is 0 Å². The highest BCUT2D eigenvalue weighted by Crippen LogP contribution is 2.11. The summed E-state index contributed by atoms with van der Waals surface area (Å²) < 4.78 is 5.13. The molecule has 100 valence electrons. The summed E-state index contributed by atoms with van der Waals surface area (Å²) in [7, 11) is 0. The molecule has 0 aliphatic heterocycles. The van der Waals surface area contributed by atoms with Gasteiger partial charge in [0, 0.05) is 6.42 Å². The number of hydrogen-bond acceptors (Lipinski definition) is 4. The molecule has 4 heteroatoms. The topological polar surface area (TPSA) is 72.5 Å². The van der Waals surface area contributed by atoms with Crippen LogP contribution in [0.25, 0.3) is 0 Å². The molecule has 0 saturated carbocycles. The molecule has 0 bridgehead atoms. The second-order valence-electron chi connectivity index (χ2n) is 5.32. The lowest BCUT2D eigenvalue weighted by atomic mass is 10.0. The summed E-state index contributed by atoms with van der Waals surface area (Å²) in [6.07, 6.45) is -0.608. The fraction of sp³-hybridized carbons (Fsp3) is 0.500. The van der Waals surface area contributed by atoms with E-state index in [2.05, 4.69) is 0 Å². The average molecular weight is 251 g/mol. The van der Waals surface area contributed by atoms with Crippen LogP contribution in [0.3, 0.4) is 0 Å². The van der Waals surface area contributed by atoms with E-state index in [1.807, 2.05) is 30.3 Å². The Balaban J connectivity index is 2.56. The van der Waals surface area contributed by atoms with Crippen molar-refractivity contribution in [1.82, 2.24) is 0 Å². The summed E-state index contributed by atoms with van der Waals surface area (Å²) in [5.74, 6) is -0.578. The van der Waals surface area contributed by atoms with Gasteiger partial charge in [0.2, 0.25) is 0 Å². The van der Waals surface area contributed by atoms with Crippen LogP contribution in [0.4, 0.5) is 0 Å². The molecule has 1 rings (SSSR count). The Morgan fingerprint density at radius 1 is 1.33 bits per heavy atom. The van der Waals surface area contributed by atoms with Gasteiger partial charge in [-0.25, -0.2) is 0 Å². The number of carbonyl (C=O) groups excluding carboxylic acids is 1. The monoisotopic (exact) mass is 251 g/mol. The molecule has 18 heavy (non-hydrogen) atoms. The minimum absolute atomic E-state index is 0.335. The van der Waals surface area contributed by atoms with E-state index in [0.717, 1.165) is 5.56 Å². The number of esters is 1. The van der Waals surface area contributed by atoms with Gasteiger partial charge in [-0.3, -0.25) is 4.79 Å². The Morgan fingerprint density at radius 3 is 2.39 bits per heavy atom. The van der Waals surface area contributed by atoms with Crippen LogP contribution in [-0.2, 0) is 16.0 Å². The maximum atomic E-state index is 11.7. The molecule has 0 amide bonds. The first-order valence-corrected chi connectivity index (χ1v) is 6.00. The summed E-state index contributed by atoms with van der Waals surface area (Å²) in [6, 6.07) is 8.38. The smallest absolute Gasteiger partial charge is 0.326 e. The molecule has 0 saturated heterocycles. The molecule has 0 spiro atoms. The number of hydrogen-bond donors (Lipinski definition) is 2. The zero-order chi connectivity index (χ0) is 13.8. The van der Waals surface area contributed by atoms with Crippen molar-refractivity contribution in [3.8, 4) is 0 Å². The van der Waals surface area contributed by atoms with Crippen LogP contribution >= 0.6 is 0 Å². The van der Waals surface area contributed by atoms with Crippen molar-refractivity contribution in [2.75, 3.05) is 0 Å². The van der Waals surface area contributed by atoms with E-state index in [0.29, 0.717) is 6.42 Å². The van der Waals surface area contributed by atoms with E-state index in [-0.39, 0.29) is 0 Å². The first-order chi connectivity index (χ1) is 8.29. The van der Waals surface area contributed by atoms with Gasteiger partial charge < -0.3 is 15.6 Å². The van der Waals surface area contributed by atoms with E-state index >= 15 is 0 Å². The third-order valence-electron chi connectivity index (χ3n) is 2.38. The SMILES string of the molecule is CC(C)(C)OC(=O)C(N)C(O)Cc1ccccc1. The second kappa shape index (κ2) is 5.98. The molecule has 2 atom stereocenters. The van der Waals surface area contributed by atoms with Crippen LogP contribution in [-0.4, -0.2) is 28.8 Å². The zero-order valence-electron chi connectivity index (χ0n) is 11.1. The Bertz CT molecular complexity index is 384. The van der Waals surface area contributed by atoms with E-state index in [1.165, 1.54) is 0 Å². The number of nitrogens with two attached hydrogens (primary N) is 1. The van der Waals surface area contributed by atoms with E-state index in [4.69, 9.17) is 10.5 Å². The molecular weight excluding hydrogens is 230 g/mol. The third-order valence-corrected chi connectivity index (χ3v) is 2.38. The van der Waals surface area contributed by atoms with Gasteiger partial charge in [-0.2, -0.15) is 0 Å². The average Bonchev–Trinajstić information content (AvgIpc) is 2.27. The quantitative estimate of drug-likeness (QED) is 0.790. The minimum atomic E-state index is -1.02. The predicted octanol–water partition coefficient (Wildman–Crippen LogP) is 1.26. The van der Waals surface area contributed by atoms with Crippen LogP contribution in [0.15, 0.2) is 30.3 Å². The zero-order valence-corrected chi connectivity index (χ0v) is 11.1. The molecule has 1 aromatic rings. The molecule has 4 nitrogen and oxygen atoms in total. The highest BCUT2D eigenvalue weighted by Gasteiger charge is 2.27. The first-order valence-electron chi connectivity index (χ1n) is 6.00. The van der Waals surface area contributed by atoms with Crippen LogP contribution < -0.4 is 5.73 Å². The lowest BCUT2D eigenvalue weighted by molar-refractivity contribution is -0.159. The van der Waals surface area contributed by atoms with Crippen molar-refractivity contribution in [3.63, 3.8) is 0 Å². The van der Waals surface area contributed by atoms with E-state index in [9.17, 15) is 9.90 Å². The van der Waals surface area contributed by atoms with Gasteiger partial charge in [0.25, 0.3) is 0 Å². The largest absolute Gasteiger partial charge is 0.459 e. The molecule has 0 radical (unpaired) electrons. The highest BCUT2D eigenvalue weighted by molar-refractivity contribution is 5.76. The van der Waals surface area contributed by atoms with Crippen molar-refractivity contribution >= 4 is 5.97 Å². The Kier molecular flexibility index (Phi) is 4.87. The Labute approximate surface area is 108 Å². The van der Waals surface area contributed by atoms with Gasteiger partial charge in [0.15, 0.2) is 0 Å². The fourth-order valence-corrected chi connectivity index (χ4v) is 1.51. The number of aliphatic hydroxyl groups is 1. The van der Waals surface area contributed by atoms with Gasteiger partial charge in [0.1, 0.15) is 11.6 Å². The van der Waals surface area contributed by atoms with Crippen molar-refractivity contribution in [3.05, 3.63) is 35.9 Å². The maximum absolute atomic E-state index is 11.7. The first kappa shape index (κ1) is 14.7. The summed E-state index contributed by atoms with van der Waals surface area (Å²) in [6.45, 7) is 5.30. The molecule has 0 aliphatic carbocycles. The molecule has 0 aromatic heterocycles. The lowest BCUT2D eigenvalue weighted by Gasteiger charge is -2.24. The van der Waals surface area contributed by atoms with Crippen molar-refractivity contribution < 1.29 is 14.6 Å². The lowest BCUT2D eigenvalue weighted by Crippen LogP contribution is -2.46. The standard InChI is InChI=1S/C14H21NO3/c1-14(2,3)18-13(17)12(15)11(16)9-10-7-5-4-6-8-10/h4-8,11-12,16H,9,15H2,1-3H3. The Morgan fingerprint density at radius 2 is 1.89 bits per heavy atom. The third kappa shape index (κ3) is 4.85. The van der Waals surface area contributed by atoms with E-state index < -0.39 is 23.7 Å². The summed E-state index contributed by atoms with van der Waals surface area (Å²) in [5.41, 5.74) is 6.03. The summed E-state index contributed by atoms with van der Waals surface area (Å²) >= 11 is 0. The van der Waals surface area contributed by atoms with Gasteiger partial charge in [-0.15, -0.1) is 0 Å². The number of rotatable bonds is 4. The Hall–Kier alpha value is -1.39. The summed E-state index contributed by atoms with van der Waals surface area (Å²) in [4.78, 5) is 11.7. The van der Waals surface area contributed by atoms with Gasteiger partial charge in [0.05, 0.1) is 6.10 Å². The number of ether oxygens (including phenoxy) is 1. The highest BCUT2D eigenvalue weighted by atomic mass is 16.6. The molecule has 3 N–H and O–H groups in total. The molecule has 0 fully saturated rings. The number of benzene rings is 1. The number of aliphatic hydroxyl groups excluding tert-OH is 1. The van der Waals surface area contributed by atoms with Crippen molar-refractivity contribution in [1.29, 1.82) is 0 Å². The van der Waals surface area contributed by atoms with Gasteiger partial charge in [-0.05, 0) is 26.3 Å². The van der Waals surface area contributed by atoms with Crippen LogP contribution in [0.2, 0.25) is 0 Å². The second-order valence-corrected chi connectivity index (χ2v) is 5.32. The predicted molar refractivity (Wildman–Crippen MR) is 70.0 cm³/mol. The van der Waals surface area contributed by atoms with Gasteiger partial charge in [-0.1, -0.05) is 30.3 Å². The molecular formula is C14H21NO3.